The van der Waals surface area contributed by atoms with E-state index in [0.29, 0.717) is 0 Å². The highest BCUT2D eigenvalue weighted by molar-refractivity contribution is 7.28. The van der Waals surface area contributed by atoms with Crippen LogP contribution < -0.4 is 47.5 Å². The third kappa shape index (κ3) is 4.37. The molecule has 0 saturated heterocycles. The number of hydrogen-bond acceptors (Lipinski definition) is 1. The maximum Gasteiger partial charge on any atom is 0.240 e. The molecule has 0 atom stereocenters. The maximum absolute atomic E-state index is 4.87. The molecule has 0 amide bonds. The Balaban J connectivity index is 1.25. The van der Waals surface area contributed by atoms with Crippen molar-refractivity contribution >= 4 is 81.3 Å². The average Bonchev–Trinajstić information content (AvgIpc) is 3.57. The van der Waals surface area contributed by atoms with Gasteiger partial charge in [0.15, 0.2) is 8.07 Å². The van der Waals surface area contributed by atoms with Crippen molar-refractivity contribution < 1.29 is 0 Å². The predicted octanol–water partition coefficient (Wildman–Crippen LogP) is 4.91. The molecule has 2 nitrogen and oxygen atoms in total. The summed E-state index contributed by atoms with van der Waals surface area (Å²) in [5.74, 6) is 0. The fourth-order valence-corrected chi connectivity index (χ4v) is 19.4. The molecule has 54 heavy (non-hydrogen) atoms. The van der Waals surface area contributed by atoms with Crippen molar-refractivity contribution in [1.82, 2.24) is 9.55 Å². The van der Waals surface area contributed by atoms with Gasteiger partial charge in [-0.2, -0.15) is 0 Å². The second kappa shape index (κ2) is 12.0. The summed E-state index contributed by atoms with van der Waals surface area (Å²) in [5.41, 5.74) is 12.5. The maximum atomic E-state index is 4.87. The summed E-state index contributed by atoms with van der Waals surface area (Å²) in [6.45, 7) is 5.33. The number of rotatable bonds is 4. The van der Waals surface area contributed by atoms with E-state index in [-0.39, 0.29) is 6.71 Å². The molecule has 0 radical (unpaired) electrons. The molecule has 0 unspecified atom stereocenters. The van der Waals surface area contributed by atoms with Gasteiger partial charge in [0.05, 0.1) is 11.2 Å². The first-order valence-electron chi connectivity index (χ1n) is 19.6. The van der Waals surface area contributed by atoms with Gasteiger partial charge in [-0.05, 0) is 87.9 Å². The number of aryl methyl sites for hydroxylation is 1. The Labute approximate surface area is 320 Å². The van der Waals surface area contributed by atoms with Crippen LogP contribution in [0.2, 0.25) is 13.1 Å². The molecule has 5 heteroatoms. The van der Waals surface area contributed by atoms with Crippen molar-refractivity contribution in [3.05, 3.63) is 175 Å². The molecular weight excluding hydrogens is 684 g/mol. The van der Waals surface area contributed by atoms with Crippen molar-refractivity contribution in [2.45, 2.75) is 38.8 Å². The van der Waals surface area contributed by atoms with Crippen molar-refractivity contribution in [3.63, 3.8) is 0 Å². The van der Waals surface area contributed by atoms with Crippen LogP contribution in [0.15, 0.2) is 164 Å². The summed E-state index contributed by atoms with van der Waals surface area (Å²) >= 11 is 0. The molecule has 3 aliphatic rings. The van der Waals surface area contributed by atoms with Gasteiger partial charge in [0.1, 0.15) is 8.07 Å². The lowest BCUT2D eigenvalue weighted by Gasteiger charge is -2.48. The second-order valence-electron chi connectivity index (χ2n) is 16.1. The van der Waals surface area contributed by atoms with E-state index in [1.54, 1.807) is 26.6 Å². The minimum absolute atomic E-state index is 0.144. The molecule has 1 aliphatic carbocycles. The first kappa shape index (κ1) is 32.0. The summed E-state index contributed by atoms with van der Waals surface area (Å²) in [6.07, 6.45) is 6.76. The quantitative estimate of drug-likeness (QED) is 0.236. The molecule has 11 rings (SSSR count). The van der Waals surface area contributed by atoms with Crippen molar-refractivity contribution in [3.8, 4) is 16.9 Å². The Bertz CT molecular complexity index is 2720. The van der Waals surface area contributed by atoms with Crippen LogP contribution in [0, 0.1) is 0 Å². The van der Waals surface area contributed by atoms with E-state index in [4.69, 9.17) is 4.98 Å². The van der Waals surface area contributed by atoms with Gasteiger partial charge in [-0.3, -0.25) is 4.98 Å². The molecule has 4 heterocycles. The van der Waals surface area contributed by atoms with Crippen LogP contribution in [0.4, 0.5) is 0 Å². The SMILES string of the molecule is C[Si]1(C)c2ccc(-n3c4c(c5ccccc53)CCCC4)cc2B2c3ccc(-c4ccccn4)cc3[Si](c3ccccc3)(c3ccccc3)c3cccc1c32. The lowest BCUT2D eigenvalue weighted by atomic mass is 9.36. The Morgan fingerprint density at radius 3 is 2.07 bits per heavy atom. The van der Waals surface area contributed by atoms with Crippen LogP contribution in [-0.2, 0) is 12.8 Å². The molecule has 2 aromatic heterocycles. The predicted molar refractivity (Wildman–Crippen MR) is 235 cm³/mol. The molecule has 0 saturated carbocycles. The molecule has 258 valence electrons. The van der Waals surface area contributed by atoms with Gasteiger partial charge in [-0.1, -0.05) is 167 Å². The Morgan fingerprint density at radius 2 is 1.30 bits per heavy atom. The van der Waals surface area contributed by atoms with Crippen LogP contribution in [0.3, 0.4) is 0 Å². The van der Waals surface area contributed by atoms with E-state index >= 15 is 0 Å². The fraction of sp³-hybridized carbons (Fsp3) is 0.122. The Kier molecular flexibility index (Phi) is 7.11. The zero-order valence-electron chi connectivity index (χ0n) is 30.9. The molecule has 6 aromatic carbocycles. The third-order valence-corrected chi connectivity index (χ3v) is 21.5. The zero-order valence-corrected chi connectivity index (χ0v) is 32.9. The van der Waals surface area contributed by atoms with Gasteiger partial charge >= 0.3 is 0 Å². The van der Waals surface area contributed by atoms with Crippen molar-refractivity contribution in [1.29, 1.82) is 0 Å². The molecule has 0 N–H and O–H groups in total. The molecule has 0 fully saturated rings. The third-order valence-electron chi connectivity index (χ3n) is 13.1. The van der Waals surface area contributed by atoms with Crippen LogP contribution in [-0.4, -0.2) is 32.4 Å². The van der Waals surface area contributed by atoms with E-state index in [1.165, 1.54) is 73.6 Å². The average molecular weight is 725 g/mol. The first-order chi connectivity index (χ1) is 26.6. The van der Waals surface area contributed by atoms with Gasteiger partial charge in [0.25, 0.3) is 0 Å². The zero-order chi connectivity index (χ0) is 36.0. The first-order valence-corrected chi connectivity index (χ1v) is 24.6. The number of fused-ring (bicyclic) bond motifs is 7. The molecule has 8 aromatic rings. The lowest BCUT2D eigenvalue weighted by Crippen LogP contribution is -2.91. The smallest absolute Gasteiger partial charge is 0.240 e. The van der Waals surface area contributed by atoms with Crippen LogP contribution in [0.25, 0.3) is 27.8 Å². The second-order valence-corrected chi connectivity index (χ2v) is 24.1. The van der Waals surface area contributed by atoms with E-state index in [1.807, 2.05) is 12.3 Å². The van der Waals surface area contributed by atoms with Crippen LogP contribution >= 0.6 is 0 Å². The highest BCUT2D eigenvalue weighted by Gasteiger charge is 2.54. The van der Waals surface area contributed by atoms with Crippen LogP contribution in [0.1, 0.15) is 24.1 Å². The number of hydrogen-bond donors (Lipinski definition) is 0. The normalized spacial score (nSPS) is 15.9. The highest BCUT2D eigenvalue weighted by Crippen LogP contribution is 2.34. The number of benzene rings is 6. The number of aromatic nitrogens is 2. The summed E-state index contributed by atoms with van der Waals surface area (Å²) in [7, 11) is -4.94. The number of nitrogens with zero attached hydrogens (tertiary/aromatic N) is 2. The minimum Gasteiger partial charge on any atom is -0.313 e. The molecular formula is C49H41BN2Si2. The molecule has 0 bridgehead atoms. The van der Waals surface area contributed by atoms with Gasteiger partial charge < -0.3 is 4.57 Å². The van der Waals surface area contributed by atoms with Crippen LogP contribution in [0.5, 0.6) is 0 Å². The van der Waals surface area contributed by atoms with E-state index in [2.05, 4.69) is 169 Å². The number of pyridine rings is 1. The summed E-state index contributed by atoms with van der Waals surface area (Å²) in [5, 5.41) is 10.5. The van der Waals surface area contributed by atoms with Gasteiger partial charge in [0.2, 0.25) is 6.71 Å². The minimum atomic E-state index is -2.81. The monoisotopic (exact) mass is 724 g/mol. The highest BCUT2D eigenvalue weighted by atomic mass is 28.3. The standard InChI is InChI=1S/C49H41BN2Si2/c1-53(2)45-30-28-35(52-43-23-11-9-20-38(43)39-21-10-12-24-44(39)52)33-41(45)50-40-29-27-34(42-22-13-14-31-51-42)32-48(40)54(36-16-5-3-6-17-36,37-18-7-4-8-19-37)47-26-15-25-46(53)49(47)50/h3-9,11,13-20,22-23,25-33H,10,12,21,24H2,1-2H3. The summed E-state index contributed by atoms with van der Waals surface area (Å²) in [6, 6.07) is 60.8. The topological polar surface area (TPSA) is 17.8 Å². The van der Waals surface area contributed by atoms with Crippen molar-refractivity contribution in [2.75, 3.05) is 0 Å². The summed E-state index contributed by atoms with van der Waals surface area (Å²) in [4.78, 5) is 4.87. The van der Waals surface area contributed by atoms with Gasteiger partial charge in [0, 0.05) is 23.0 Å². The van der Waals surface area contributed by atoms with Crippen molar-refractivity contribution in [2.24, 2.45) is 0 Å². The Hall–Kier alpha value is -5.49. The van der Waals surface area contributed by atoms with E-state index in [9.17, 15) is 0 Å². The Morgan fingerprint density at radius 1 is 0.574 bits per heavy atom. The van der Waals surface area contributed by atoms with E-state index < -0.39 is 16.1 Å². The van der Waals surface area contributed by atoms with E-state index in [0.717, 1.165) is 12.1 Å². The fourth-order valence-electron chi connectivity index (χ4n) is 10.8. The lowest BCUT2D eigenvalue weighted by molar-refractivity contribution is 0.667. The molecule has 0 spiro atoms. The van der Waals surface area contributed by atoms with Gasteiger partial charge in [-0.15, -0.1) is 0 Å². The van der Waals surface area contributed by atoms with Gasteiger partial charge in [-0.25, -0.2) is 0 Å². The molecule has 2 aliphatic heterocycles. The summed E-state index contributed by atoms with van der Waals surface area (Å²) < 4.78 is 2.63. The number of para-hydroxylation sites is 1. The largest absolute Gasteiger partial charge is 0.313 e.